The van der Waals surface area contributed by atoms with Crippen LogP contribution in [0.25, 0.3) is 0 Å². The van der Waals surface area contributed by atoms with Gasteiger partial charge in [0.1, 0.15) is 0 Å². The van der Waals surface area contributed by atoms with Crippen LogP contribution < -0.4 is 5.32 Å². The van der Waals surface area contributed by atoms with E-state index in [0.29, 0.717) is 6.04 Å². The topological polar surface area (TPSA) is 33.1 Å². The molecular formula is C16H20N4S. The number of hydrogen-bond acceptors (Lipinski definition) is 2. The van der Waals surface area contributed by atoms with Gasteiger partial charge in [-0.3, -0.25) is 4.98 Å². The van der Waals surface area contributed by atoms with Crippen molar-refractivity contribution in [3.63, 3.8) is 0 Å². The predicted octanol–water partition coefficient (Wildman–Crippen LogP) is 2.80. The lowest BCUT2D eigenvalue weighted by Crippen LogP contribution is -2.35. The normalized spacial score (nSPS) is 21.9. The molecule has 0 spiro atoms. The summed E-state index contributed by atoms with van der Waals surface area (Å²) in [5, 5.41) is 4.25. The van der Waals surface area contributed by atoms with E-state index in [9.17, 15) is 0 Å². The van der Waals surface area contributed by atoms with Crippen LogP contribution in [-0.4, -0.2) is 25.6 Å². The highest BCUT2D eigenvalue weighted by molar-refractivity contribution is 7.80. The van der Waals surface area contributed by atoms with Gasteiger partial charge < -0.3 is 14.8 Å². The highest BCUT2D eigenvalue weighted by atomic mass is 32.1. The smallest absolute Gasteiger partial charge is 0.170 e. The van der Waals surface area contributed by atoms with Crippen molar-refractivity contribution in [2.75, 3.05) is 0 Å². The molecule has 0 aromatic carbocycles. The summed E-state index contributed by atoms with van der Waals surface area (Å²) in [5.41, 5.74) is 2.28. The zero-order valence-electron chi connectivity index (χ0n) is 12.5. The number of nitrogens with one attached hydrogen (secondary N) is 1. The second-order valence-corrected chi connectivity index (χ2v) is 6.12. The van der Waals surface area contributed by atoms with Gasteiger partial charge in [0, 0.05) is 31.7 Å². The maximum absolute atomic E-state index is 5.56. The van der Waals surface area contributed by atoms with Gasteiger partial charge in [0.15, 0.2) is 5.11 Å². The van der Waals surface area contributed by atoms with Crippen LogP contribution in [0.15, 0.2) is 42.9 Å². The zero-order chi connectivity index (χ0) is 15.0. The van der Waals surface area contributed by atoms with Crippen LogP contribution in [0.2, 0.25) is 0 Å². The number of hydrogen-bond donors (Lipinski definition) is 1. The quantitative estimate of drug-likeness (QED) is 0.884. The molecule has 0 aliphatic carbocycles. The predicted molar refractivity (Wildman–Crippen MR) is 87.8 cm³/mol. The molecule has 3 rings (SSSR count). The van der Waals surface area contributed by atoms with Crippen molar-refractivity contribution in [1.29, 1.82) is 0 Å². The van der Waals surface area contributed by atoms with Gasteiger partial charge in [0.05, 0.1) is 17.8 Å². The Kier molecular flexibility index (Phi) is 3.68. The average molecular weight is 300 g/mol. The van der Waals surface area contributed by atoms with E-state index in [1.54, 1.807) is 0 Å². The number of thiocarbonyl (C=S) groups is 1. The standard InChI is InChI=1S/C16H20N4S/c1-11(2)20-15(12-7-9-19(3)10-12)14(18-16(20)21)13-6-4-5-8-17-13/h4-11,14-15H,1-3H3,(H,18,21)/t14-,15+/m1/s1. The van der Waals surface area contributed by atoms with Crippen molar-refractivity contribution in [3.05, 3.63) is 54.1 Å². The molecule has 0 saturated carbocycles. The Balaban J connectivity index is 2.05. The number of nitrogens with zero attached hydrogens (tertiary/aromatic N) is 3. The second-order valence-electron chi connectivity index (χ2n) is 5.74. The Morgan fingerprint density at radius 1 is 1.29 bits per heavy atom. The van der Waals surface area contributed by atoms with E-state index in [2.05, 4.69) is 58.1 Å². The number of aromatic nitrogens is 2. The van der Waals surface area contributed by atoms with Crippen molar-refractivity contribution in [2.45, 2.75) is 32.0 Å². The molecule has 2 aromatic rings. The molecule has 1 fully saturated rings. The molecule has 1 saturated heterocycles. The molecule has 3 heterocycles. The maximum atomic E-state index is 5.56. The van der Waals surface area contributed by atoms with Gasteiger partial charge in [0.2, 0.25) is 0 Å². The van der Waals surface area contributed by atoms with E-state index in [-0.39, 0.29) is 12.1 Å². The van der Waals surface area contributed by atoms with Crippen molar-refractivity contribution < 1.29 is 0 Å². The van der Waals surface area contributed by atoms with E-state index in [0.717, 1.165) is 10.8 Å². The molecule has 4 nitrogen and oxygen atoms in total. The van der Waals surface area contributed by atoms with Crippen LogP contribution >= 0.6 is 12.2 Å². The van der Waals surface area contributed by atoms with E-state index < -0.39 is 0 Å². The monoisotopic (exact) mass is 300 g/mol. The fourth-order valence-electron chi connectivity index (χ4n) is 2.98. The number of rotatable bonds is 3. The Morgan fingerprint density at radius 2 is 2.10 bits per heavy atom. The first-order valence-corrected chi connectivity index (χ1v) is 7.60. The maximum Gasteiger partial charge on any atom is 0.170 e. The molecule has 0 bridgehead atoms. The van der Waals surface area contributed by atoms with Crippen LogP contribution in [0.4, 0.5) is 0 Å². The summed E-state index contributed by atoms with van der Waals surface area (Å²) in [6.45, 7) is 4.34. The van der Waals surface area contributed by atoms with Gasteiger partial charge in [-0.1, -0.05) is 6.07 Å². The van der Waals surface area contributed by atoms with Gasteiger partial charge in [0.25, 0.3) is 0 Å². The molecule has 0 amide bonds. The van der Waals surface area contributed by atoms with E-state index in [1.807, 2.05) is 25.4 Å². The summed E-state index contributed by atoms with van der Waals surface area (Å²) in [5.74, 6) is 0. The Hall–Kier alpha value is -1.88. The van der Waals surface area contributed by atoms with Gasteiger partial charge in [-0.05, 0) is 49.8 Å². The fraction of sp³-hybridized carbons (Fsp3) is 0.375. The molecule has 1 N–H and O–H groups in total. The number of pyridine rings is 1. The van der Waals surface area contributed by atoms with Crippen molar-refractivity contribution in [1.82, 2.24) is 19.8 Å². The highest BCUT2D eigenvalue weighted by Gasteiger charge is 2.41. The molecular weight excluding hydrogens is 280 g/mol. The molecule has 110 valence electrons. The van der Waals surface area contributed by atoms with Crippen molar-refractivity contribution >= 4 is 17.3 Å². The molecule has 1 aliphatic rings. The van der Waals surface area contributed by atoms with Gasteiger partial charge in [-0.2, -0.15) is 0 Å². The minimum absolute atomic E-state index is 0.0866. The highest BCUT2D eigenvalue weighted by Crippen LogP contribution is 2.39. The minimum atomic E-state index is 0.0866. The lowest BCUT2D eigenvalue weighted by Gasteiger charge is -2.30. The molecule has 0 unspecified atom stereocenters. The van der Waals surface area contributed by atoms with Crippen LogP contribution in [0.3, 0.4) is 0 Å². The summed E-state index contributed by atoms with van der Waals surface area (Å²) in [6.07, 6.45) is 6.07. The molecule has 5 heteroatoms. The lowest BCUT2D eigenvalue weighted by atomic mass is 9.98. The Labute approximate surface area is 130 Å². The third-order valence-corrected chi connectivity index (χ3v) is 4.22. The first kappa shape index (κ1) is 14.1. The summed E-state index contributed by atoms with van der Waals surface area (Å²) >= 11 is 5.56. The second kappa shape index (κ2) is 5.48. The van der Waals surface area contributed by atoms with Crippen LogP contribution in [-0.2, 0) is 7.05 Å². The van der Waals surface area contributed by atoms with Crippen LogP contribution in [0.5, 0.6) is 0 Å². The van der Waals surface area contributed by atoms with E-state index in [4.69, 9.17) is 12.2 Å². The zero-order valence-corrected chi connectivity index (χ0v) is 13.3. The first-order valence-electron chi connectivity index (χ1n) is 7.19. The molecule has 2 aromatic heterocycles. The Morgan fingerprint density at radius 3 is 2.67 bits per heavy atom. The summed E-state index contributed by atoms with van der Waals surface area (Å²) in [4.78, 5) is 6.78. The Bertz CT molecular complexity index is 635. The summed E-state index contributed by atoms with van der Waals surface area (Å²) in [7, 11) is 2.04. The van der Waals surface area contributed by atoms with Crippen LogP contribution in [0.1, 0.15) is 37.2 Å². The molecule has 21 heavy (non-hydrogen) atoms. The van der Waals surface area contributed by atoms with Crippen molar-refractivity contribution in [2.24, 2.45) is 7.05 Å². The van der Waals surface area contributed by atoms with Crippen LogP contribution in [0, 0.1) is 0 Å². The molecule has 1 aliphatic heterocycles. The fourth-order valence-corrected chi connectivity index (χ4v) is 3.43. The van der Waals surface area contributed by atoms with Gasteiger partial charge >= 0.3 is 0 Å². The van der Waals surface area contributed by atoms with E-state index in [1.165, 1.54) is 5.56 Å². The van der Waals surface area contributed by atoms with E-state index >= 15 is 0 Å². The van der Waals surface area contributed by atoms with Gasteiger partial charge in [-0.15, -0.1) is 0 Å². The van der Waals surface area contributed by atoms with Crippen molar-refractivity contribution in [3.8, 4) is 0 Å². The SMILES string of the molecule is CC(C)N1C(=S)N[C@H](c2ccccn2)[C@@H]1c1ccn(C)c1. The molecule has 0 radical (unpaired) electrons. The summed E-state index contributed by atoms with van der Waals surface area (Å²) in [6, 6.07) is 8.77. The average Bonchev–Trinajstić information content (AvgIpc) is 3.03. The summed E-state index contributed by atoms with van der Waals surface area (Å²) < 4.78 is 2.07. The lowest BCUT2D eigenvalue weighted by molar-refractivity contribution is 0.269. The third kappa shape index (κ3) is 2.53. The third-order valence-electron chi connectivity index (χ3n) is 3.89. The number of aryl methyl sites for hydroxylation is 1. The molecule has 2 atom stereocenters. The first-order chi connectivity index (χ1) is 10.1. The van der Waals surface area contributed by atoms with Gasteiger partial charge in [-0.25, -0.2) is 0 Å². The largest absolute Gasteiger partial charge is 0.357 e. The minimum Gasteiger partial charge on any atom is -0.357 e.